The summed E-state index contributed by atoms with van der Waals surface area (Å²) >= 11 is 1.31. The highest BCUT2D eigenvalue weighted by Crippen LogP contribution is 2.35. The molecule has 0 spiro atoms. The molecule has 1 aliphatic carbocycles. The Morgan fingerprint density at radius 1 is 1.40 bits per heavy atom. The lowest BCUT2D eigenvalue weighted by atomic mass is 9.75. The highest BCUT2D eigenvalue weighted by atomic mass is 32.1. The van der Waals surface area contributed by atoms with Crippen LogP contribution in [-0.4, -0.2) is 53.7 Å². The highest BCUT2D eigenvalue weighted by Gasteiger charge is 2.39. The summed E-state index contributed by atoms with van der Waals surface area (Å²) in [6, 6.07) is 0. The van der Waals surface area contributed by atoms with Crippen LogP contribution in [0.15, 0.2) is 0 Å². The molecular weight excluding hydrogens is 274 g/mol. The molecule has 0 bridgehead atoms. The molecule has 1 aliphatic rings. The van der Waals surface area contributed by atoms with Gasteiger partial charge in [-0.1, -0.05) is 18.3 Å². The first kappa shape index (κ1) is 15.2. The standard InChI is InChI=1S/C13H23N5OS/c1-4-8-14-12-17-16-11(20-12)10(19)15-9-13(18(2)3)6-5-7-13/h4-9H2,1-3H3,(H,14,17)(H,15,19). The molecule has 20 heavy (non-hydrogen) atoms. The molecule has 7 heteroatoms. The molecule has 0 atom stereocenters. The molecule has 1 heterocycles. The Morgan fingerprint density at radius 2 is 2.15 bits per heavy atom. The van der Waals surface area contributed by atoms with Gasteiger partial charge in [-0.2, -0.15) is 0 Å². The minimum absolute atomic E-state index is 0.125. The minimum atomic E-state index is -0.125. The van der Waals surface area contributed by atoms with Gasteiger partial charge in [-0.15, -0.1) is 10.2 Å². The number of carbonyl (C=O) groups excluding carboxylic acids is 1. The van der Waals surface area contributed by atoms with Crippen LogP contribution >= 0.6 is 11.3 Å². The molecule has 0 aromatic carbocycles. The van der Waals surface area contributed by atoms with Gasteiger partial charge in [0.15, 0.2) is 0 Å². The van der Waals surface area contributed by atoms with Gasteiger partial charge < -0.3 is 15.5 Å². The summed E-state index contributed by atoms with van der Waals surface area (Å²) in [5.41, 5.74) is 0.129. The molecule has 112 valence electrons. The Balaban J connectivity index is 1.87. The average Bonchev–Trinajstić information content (AvgIpc) is 2.83. The number of anilines is 1. The molecule has 1 saturated carbocycles. The second-order valence-corrected chi connectivity index (χ2v) is 6.47. The van der Waals surface area contributed by atoms with Gasteiger partial charge in [0.1, 0.15) is 0 Å². The van der Waals surface area contributed by atoms with Crippen LogP contribution in [0.3, 0.4) is 0 Å². The molecular formula is C13H23N5OS. The number of aromatic nitrogens is 2. The van der Waals surface area contributed by atoms with Gasteiger partial charge in [0, 0.05) is 18.6 Å². The molecule has 0 radical (unpaired) electrons. The van der Waals surface area contributed by atoms with Crippen molar-refractivity contribution in [2.75, 3.05) is 32.5 Å². The van der Waals surface area contributed by atoms with Gasteiger partial charge in [0.05, 0.1) is 0 Å². The van der Waals surface area contributed by atoms with Crippen molar-refractivity contribution < 1.29 is 4.79 Å². The predicted molar refractivity (Wildman–Crippen MR) is 81.3 cm³/mol. The molecule has 0 unspecified atom stereocenters. The Labute approximate surface area is 124 Å². The van der Waals surface area contributed by atoms with Crippen LogP contribution in [0.2, 0.25) is 0 Å². The van der Waals surface area contributed by atoms with Crippen molar-refractivity contribution in [1.82, 2.24) is 20.4 Å². The van der Waals surface area contributed by atoms with Crippen LogP contribution in [0.1, 0.15) is 42.4 Å². The largest absolute Gasteiger partial charge is 0.360 e. The van der Waals surface area contributed by atoms with Gasteiger partial charge in [-0.05, 0) is 39.8 Å². The number of carbonyl (C=O) groups is 1. The number of hydrogen-bond acceptors (Lipinski definition) is 6. The van der Waals surface area contributed by atoms with E-state index in [1.165, 1.54) is 17.8 Å². The third kappa shape index (κ3) is 3.27. The zero-order valence-electron chi connectivity index (χ0n) is 12.4. The van der Waals surface area contributed by atoms with Crippen molar-refractivity contribution in [2.24, 2.45) is 0 Å². The summed E-state index contributed by atoms with van der Waals surface area (Å²) in [6.45, 7) is 3.61. The molecule has 1 amide bonds. The maximum absolute atomic E-state index is 12.1. The molecule has 1 aromatic heterocycles. The number of likely N-dealkylation sites (N-methyl/N-ethyl adjacent to an activating group) is 1. The van der Waals surface area contributed by atoms with E-state index >= 15 is 0 Å². The van der Waals surface area contributed by atoms with E-state index in [9.17, 15) is 4.79 Å². The van der Waals surface area contributed by atoms with Gasteiger partial charge in [-0.3, -0.25) is 4.79 Å². The van der Waals surface area contributed by atoms with E-state index in [4.69, 9.17) is 0 Å². The van der Waals surface area contributed by atoms with E-state index in [2.05, 4.69) is 46.7 Å². The fraction of sp³-hybridized carbons (Fsp3) is 0.769. The molecule has 2 N–H and O–H groups in total. The Hall–Kier alpha value is -1.21. The third-order valence-corrected chi connectivity index (χ3v) is 4.84. The fourth-order valence-corrected chi connectivity index (χ4v) is 2.99. The van der Waals surface area contributed by atoms with Gasteiger partial charge >= 0.3 is 0 Å². The Bertz CT molecular complexity index is 455. The zero-order chi connectivity index (χ0) is 14.6. The second kappa shape index (κ2) is 6.49. The lowest BCUT2D eigenvalue weighted by molar-refractivity contribution is 0.0557. The number of nitrogens with one attached hydrogen (secondary N) is 2. The van der Waals surface area contributed by atoms with Crippen molar-refractivity contribution >= 4 is 22.4 Å². The molecule has 1 fully saturated rings. The van der Waals surface area contributed by atoms with Crippen molar-refractivity contribution in [3.8, 4) is 0 Å². The lowest BCUT2D eigenvalue weighted by Crippen LogP contribution is -2.57. The second-order valence-electron chi connectivity index (χ2n) is 5.49. The number of nitrogens with zero attached hydrogens (tertiary/aromatic N) is 3. The SMILES string of the molecule is CCCNc1nnc(C(=O)NCC2(N(C)C)CCC2)s1. The van der Waals surface area contributed by atoms with Crippen LogP contribution < -0.4 is 10.6 Å². The van der Waals surface area contributed by atoms with E-state index in [1.54, 1.807) is 0 Å². The summed E-state index contributed by atoms with van der Waals surface area (Å²) in [4.78, 5) is 14.3. The van der Waals surface area contributed by atoms with E-state index in [0.717, 1.165) is 25.8 Å². The van der Waals surface area contributed by atoms with Crippen molar-refractivity contribution in [2.45, 2.75) is 38.1 Å². The van der Waals surface area contributed by atoms with Crippen LogP contribution in [-0.2, 0) is 0 Å². The molecule has 6 nitrogen and oxygen atoms in total. The predicted octanol–water partition coefficient (Wildman–Crippen LogP) is 1.57. The van der Waals surface area contributed by atoms with Crippen LogP contribution in [0.4, 0.5) is 5.13 Å². The molecule has 2 rings (SSSR count). The van der Waals surface area contributed by atoms with Crippen LogP contribution in [0.25, 0.3) is 0 Å². The van der Waals surface area contributed by atoms with Gasteiger partial charge in [-0.25, -0.2) is 0 Å². The van der Waals surface area contributed by atoms with Gasteiger partial charge in [0.2, 0.25) is 10.1 Å². The van der Waals surface area contributed by atoms with Crippen LogP contribution in [0, 0.1) is 0 Å². The fourth-order valence-electron chi connectivity index (χ4n) is 2.31. The lowest BCUT2D eigenvalue weighted by Gasteiger charge is -2.47. The zero-order valence-corrected chi connectivity index (χ0v) is 13.2. The van der Waals surface area contributed by atoms with E-state index < -0.39 is 0 Å². The van der Waals surface area contributed by atoms with Crippen molar-refractivity contribution in [3.63, 3.8) is 0 Å². The molecule has 0 saturated heterocycles. The molecule has 0 aliphatic heterocycles. The van der Waals surface area contributed by atoms with E-state index in [-0.39, 0.29) is 11.4 Å². The first-order chi connectivity index (χ1) is 9.57. The normalized spacial score (nSPS) is 16.8. The molecule has 1 aromatic rings. The number of hydrogen-bond donors (Lipinski definition) is 2. The Morgan fingerprint density at radius 3 is 2.70 bits per heavy atom. The van der Waals surface area contributed by atoms with Gasteiger partial charge in [0.25, 0.3) is 5.91 Å². The highest BCUT2D eigenvalue weighted by molar-refractivity contribution is 7.17. The average molecular weight is 297 g/mol. The first-order valence-corrected chi connectivity index (χ1v) is 7.92. The maximum Gasteiger partial charge on any atom is 0.282 e. The summed E-state index contributed by atoms with van der Waals surface area (Å²) in [5.74, 6) is -0.125. The summed E-state index contributed by atoms with van der Waals surface area (Å²) in [7, 11) is 4.14. The van der Waals surface area contributed by atoms with E-state index in [1.807, 2.05) is 0 Å². The third-order valence-electron chi connectivity index (χ3n) is 3.96. The van der Waals surface area contributed by atoms with Crippen molar-refractivity contribution in [1.29, 1.82) is 0 Å². The topological polar surface area (TPSA) is 70.1 Å². The minimum Gasteiger partial charge on any atom is -0.360 e. The number of amides is 1. The van der Waals surface area contributed by atoms with Crippen LogP contribution in [0.5, 0.6) is 0 Å². The van der Waals surface area contributed by atoms with Crippen molar-refractivity contribution in [3.05, 3.63) is 5.01 Å². The number of rotatable bonds is 7. The quantitative estimate of drug-likeness (QED) is 0.799. The summed E-state index contributed by atoms with van der Waals surface area (Å²) in [6.07, 6.45) is 4.53. The smallest absolute Gasteiger partial charge is 0.282 e. The summed E-state index contributed by atoms with van der Waals surface area (Å²) in [5, 5.41) is 15.2. The monoisotopic (exact) mass is 297 g/mol. The first-order valence-electron chi connectivity index (χ1n) is 7.10. The maximum atomic E-state index is 12.1. The Kier molecular flexibility index (Phi) is 4.93. The van der Waals surface area contributed by atoms with E-state index in [0.29, 0.717) is 16.7 Å². The summed E-state index contributed by atoms with van der Waals surface area (Å²) < 4.78 is 0.